The van der Waals surface area contributed by atoms with Gasteiger partial charge in [-0.05, 0) is 68.6 Å². The molecular weight excluding hydrogens is 416 g/mol. The molecule has 1 N–H and O–H groups in total. The smallest absolute Gasteiger partial charge is 0.333 e. The van der Waals surface area contributed by atoms with E-state index in [9.17, 15) is 14.4 Å². The minimum absolute atomic E-state index is 0.139. The first-order valence-corrected chi connectivity index (χ1v) is 12.0. The van der Waals surface area contributed by atoms with Gasteiger partial charge in [-0.2, -0.15) is 0 Å². The number of aromatic nitrogens is 2. The van der Waals surface area contributed by atoms with Crippen molar-refractivity contribution in [1.82, 2.24) is 19.4 Å². The molecule has 2 aromatic carbocycles. The van der Waals surface area contributed by atoms with Crippen molar-refractivity contribution in [3.05, 3.63) is 74.9 Å². The van der Waals surface area contributed by atoms with Crippen molar-refractivity contribution in [3.8, 4) is 5.69 Å². The Bertz CT molecular complexity index is 1250. The Morgan fingerprint density at radius 1 is 0.879 bits per heavy atom. The third kappa shape index (κ3) is 4.50. The lowest BCUT2D eigenvalue weighted by Crippen LogP contribution is -2.48. The van der Waals surface area contributed by atoms with Crippen LogP contribution >= 0.6 is 0 Å². The highest BCUT2D eigenvalue weighted by Gasteiger charge is 2.27. The van der Waals surface area contributed by atoms with Gasteiger partial charge in [-0.1, -0.05) is 30.7 Å². The Kier molecular flexibility index (Phi) is 6.13. The van der Waals surface area contributed by atoms with E-state index in [1.165, 1.54) is 32.4 Å². The summed E-state index contributed by atoms with van der Waals surface area (Å²) in [4.78, 5) is 45.6. The highest BCUT2D eigenvalue weighted by molar-refractivity contribution is 5.79. The van der Waals surface area contributed by atoms with Crippen LogP contribution in [-0.2, 0) is 11.2 Å². The molecule has 0 aliphatic carbocycles. The van der Waals surface area contributed by atoms with Gasteiger partial charge in [-0.25, -0.2) is 9.36 Å². The van der Waals surface area contributed by atoms with E-state index in [1.54, 1.807) is 36.4 Å². The number of nitrogens with one attached hydrogen (secondary N) is 1. The second-order valence-corrected chi connectivity index (χ2v) is 9.17. The minimum Gasteiger partial charge on any atom is -0.342 e. The predicted molar refractivity (Wildman–Crippen MR) is 129 cm³/mol. The van der Waals surface area contributed by atoms with Crippen molar-refractivity contribution in [2.24, 2.45) is 0 Å². The molecule has 5 rings (SSSR count). The van der Waals surface area contributed by atoms with Crippen LogP contribution in [0.15, 0.2) is 58.1 Å². The zero-order valence-corrected chi connectivity index (χ0v) is 18.8. The number of H-pyrrole nitrogens is 1. The number of piperidine rings is 2. The number of amides is 1. The van der Waals surface area contributed by atoms with Gasteiger partial charge in [0.05, 0.1) is 23.0 Å². The summed E-state index contributed by atoms with van der Waals surface area (Å²) < 4.78 is 1.14. The number of hydrogen-bond donors (Lipinski definition) is 1. The summed E-state index contributed by atoms with van der Waals surface area (Å²) in [7, 11) is 0. The number of hydrogen-bond acceptors (Lipinski definition) is 4. The van der Waals surface area contributed by atoms with E-state index < -0.39 is 5.69 Å². The zero-order valence-electron chi connectivity index (χ0n) is 18.8. The van der Waals surface area contributed by atoms with Crippen LogP contribution in [0.5, 0.6) is 0 Å². The number of carbonyl (C=O) groups excluding carboxylic acids is 1. The molecule has 3 heterocycles. The molecular formula is C26H30N4O3. The van der Waals surface area contributed by atoms with E-state index in [0.717, 1.165) is 36.1 Å². The van der Waals surface area contributed by atoms with Gasteiger partial charge in [0.25, 0.3) is 5.56 Å². The molecule has 0 bridgehead atoms. The van der Waals surface area contributed by atoms with Crippen LogP contribution < -0.4 is 11.2 Å². The first kappa shape index (κ1) is 21.6. The third-order valence-corrected chi connectivity index (χ3v) is 7.08. The molecule has 3 aromatic rings. The Morgan fingerprint density at radius 2 is 1.58 bits per heavy atom. The van der Waals surface area contributed by atoms with Crippen LogP contribution in [0.3, 0.4) is 0 Å². The van der Waals surface area contributed by atoms with Crippen LogP contribution in [0.1, 0.15) is 37.7 Å². The second-order valence-electron chi connectivity index (χ2n) is 9.17. The highest BCUT2D eigenvalue weighted by atomic mass is 16.2. The second kappa shape index (κ2) is 9.35. The van der Waals surface area contributed by atoms with E-state index in [1.807, 2.05) is 17.0 Å². The molecule has 7 heteroatoms. The fourth-order valence-corrected chi connectivity index (χ4v) is 5.21. The average Bonchev–Trinajstić information content (AvgIpc) is 2.86. The molecule has 2 aliphatic heterocycles. The quantitative estimate of drug-likeness (QED) is 0.669. The lowest BCUT2D eigenvalue weighted by atomic mass is 9.99. The Morgan fingerprint density at radius 3 is 2.30 bits per heavy atom. The summed E-state index contributed by atoms with van der Waals surface area (Å²) in [6.07, 6.45) is 6.38. The average molecular weight is 447 g/mol. The van der Waals surface area contributed by atoms with E-state index in [2.05, 4.69) is 9.88 Å². The van der Waals surface area contributed by atoms with Crippen molar-refractivity contribution < 1.29 is 4.79 Å². The number of likely N-dealkylation sites (tertiary alicyclic amines) is 2. The fraction of sp³-hybridized carbons (Fsp3) is 0.423. The van der Waals surface area contributed by atoms with Gasteiger partial charge < -0.3 is 14.8 Å². The first-order chi connectivity index (χ1) is 16.1. The molecule has 2 saturated heterocycles. The molecule has 0 unspecified atom stereocenters. The number of aromatic amines is 1. The summed E-state index contributed by atoms with van der Waals surface area (Å²) in [6, 6.07) is 14.7. The standard InChI is InChI=1S/C26H30N4O3/c31-24(29-16-12-20(13-17-29)28-14-4-1-5-15-28)18-19-8-10-21(11-9-19)30-25(32)22-6-2-3-7-23(22)27-26(30)33/h2-3,6-11,20H,1,4-5,12-18H2,(H,27,33). The van der Waals surface area contributed by atoms with Gasteiger partial charge in [0.15, 0.2) is 0 Å². The van der Waals surface area contributed by atoms with Crippen LogP contribution in [0.4, 0.5) is 0 Å². The van der Waals surface area contributed by atoms with Gasteiger partial charge in [0.1, 0.15) is 0 Å². The lowest BCUT2D eigenvalue weighted by Gasteiger charge is -2.40. The Balaban J connectivity index is 1.24. The van der Waals surface area contributed by atoms with Crippen LogP contribution in [-0.4, -0.2) is 57.5 Å². The predicted octanol–water partition coefficient (Wildman–Crippen LogP) is 2.70. The topological polar surface area (TPSA) is 78.4 Å². The fourth-order valence-electron chi connectivity index (χ4n) is 5.21. The summed E-state index contributed by atoms with van der Waals surface area (Å²) in [5.74, 6) is 0.139. The van der Waals surface area contributed by atoms with Gasteiger partial charge in [0.2, 0.25) is 5.91 Å². The van der Waals surface area contributed by atoms with Gasteiger partial charge >= 0.3 is 5.69 Å². The highest BCUT2D eigenvalue weighted by Crippen LogP contribution is 2.21. The van der Waals surface area contributed by atoms with Crippen LogP contribution in [0.2, 0.25) is 0 Å². The monoisotopic (exact) mass is 446 g/mol. The van der Waals surface area contributed by atoms with Gasteiger partial charge in [-0.15, -0.1) is 0 Å². The number of carbonyl (C=O) groups is 1. The maximum atomic E-state index is 12.9. The molecule has 0 saturated carbocycles. The zero-order chi connectivity index (χ0) is 22.8. The van der Waals surface area contributed by atoms with Crippen LogP contribution in [0.25, 0.3) is 16.6 Å². The first-order valence-electron chi connectivity index (χ1n) is 12.0. The van der Waals surface area contributed by atoms with Crippen molar-refractivity contribution >= 4 is 16.8 Å². The van der Waals surface area contributed by atoms with E-state index in [0.29, 0.717) is 29.1 Å². The molecule has 33 heavy (non-hydrogen) atoms. The summed E-state index contributed by atoms with van der Waals surface area (Å²) in [5, 5.41) is 0.462. The Hall–Kier alpha value is -3.19. The molecule has 2 fully saturated rings. The SMILES string of the molecule is O=C(Cc1ccc(-n2c(=O)[nH]c3ccccc3c2=O)cc1)N1CCC(N2CCCCC2)CC1. The van der Waals surface area contributed by atoms with E-state index in [4.69, 9.17) is 0 Å². The molecule has 1 amide bonds. The molecule has 0 spiro atoms. The molecule has 0 radical (unpaired) electrons. The molecule has 172 valence electrons. The third-order valence-electron chi connectivity index (χ3n) is 7.08. The van der Waals surface area contributed by atoms with Gasteiger partial charge in [0, 0.05) is 19.1 Å². The van der Waals surface area contributed by atoms with Crippen molar-refractivity contribution in [2.45, 2.75) is 44.6 Å². The van der Waals surface area contributed by atoms with Crippen molar-refractivity contribution in [2.75, 3.05) is 26.2 Å². The van der Waals surface area contributed by atoms with Crippen molar-refractivity contribution in [3.63, 3.8) is 0 Å². The van der Waals surface area contributed by atoms with E-state index in [-0.39, 0.29) is 11.5 Å². The number of rotatable bonds is 4. The summed E-state index contributed by atoms with van der Waals surface area (Å²) in [6.45, 7) is 4.04. The molecule has 0 atom stereocenters. The largest absolute Gasteiger partial charge is 0.342 e. The molecule has 2 aliphatic rings. The van der Waals surface area contributed by atoms with Gasteiger partial charge in [-0.3, -0.25) is 9.59 Å². The number of fused-ring (bicyclic) bond motifs is 1. The minimum atomic E-state index is -0.473. The maximum absolute atomic E-state index is 12.9. The lowest BCUT2D eigenvalue weighted by molar-refractivity contribution is -0.132. The number of nitrogens with zero attached hydrogens (tertiary/aromatic N) is 3. The molecule has 7 nitrogen and oxygen atoms in total. The van der Waals surface area contributed by atoms with Crippen LogP contribution in [0, 0.1) is 0 Å². The number of para-hydroxylation sites is 1. The normalized spacial score (nSPS) is 18.0. The number of benzene rings is 2. The molecule has 1 aromatic heterocycles. The van der Waals surface area contributed by atoms with Crippen molar-refractivity contribution in [1.29, 1.82) is 0 Å². The summed E-state index contributed by atoms with van der Waals surface area (Å²) in [5.41, 5.74) is 1.07. The maximum Gasteiger partial charge on any atom is 0.333 e. The van der Waals surface area contributed by atoms with E-state index >= 15 is 0 Å². The Labute approximate surface area is 192 Å². The summed E-state index contributed by atoms with van der Waals surface area (Å²) >= 11 is 0.